The fraction of sp³-hybridized carbons (Fsp3) is 0.500. The Kier molecular flexibility index (Phi) is 4.50. The Hall–Kier alpha value is -1.85. The fourth-order valence-electron chi connectivity index (χ4n) is 1.28. The van der Waals surface area contributed by atoms with Gasteiger partial charge in [0.1, 0.15) is 0 Å². The third-order valence-corrected chi connectivity index (χ3v) is 2.39. The van der Waals surface area contributed by atoms with Crippen molar-refractivity contribution in [1.29, 1.82) is 0 Å². The molecule has 88 valence electrons. The second-order valence-corrected chi connectivity index (χ2v) is 3.67. The van der Waals surface area contributed by atoms with Gasteiger partial charge in [-0.05, 0) is 18.8 Å². The zero-order chi connectivity index (χ0) is 12.0. The van der Waals surface area contributed by atoms with Crippen molar-refractivity contribution < 1.29 is 19.5 Å². The van der Waals surface area contributed by atoms with Gasteiger partial charge in [0.05, 0.1) is 0 Å². The Labute approximate surface area is 92.7 Å². The third kappa shape index (κ3) is 4.59. The van der Waals surface area contributed by atoms with Crippen molar-refractivity contribution in [3.05, 3.63) is 12.2 Å². The van der Waals surface area contributed by atoms with Crippen LogP contribution in [0.3, 0.4) is 0 Å². The number of carboxylic acid groups (broad SMARTS) is 1. The quantitative estimate of drug-likeness (QED) is 0.599. The van der Waals surface area contributed by atoms with Crippen LogP contribution in [0.2, 0.25) is 0 Å². The molecule has 0 aromatic carbocycles. The smallest absolute Gasteiger partial charge is 0.328 e. The van der Waals surface area contributed by atoms with Crippen molar-refractivity contribution in [2.75, 3.05) is 6.54 Å². The van der Waals surface area contributed by atoms with Crippen LogP contribution in [-0.4, -0.2) is 29.6 Å². The van der Waals surface area contributed by atoms with Crippen LogP contribution in [0.1, 0.15) is 19.3 Å². The molecule has 0 aromatic rings. The summed E-state index contributed by atoms with van der Waals surface area (Å²) in [6.07, 6.45) is 4.87. The van der Waals surface area contributed by atoms with Crippen molar-refractivity contribution >= 4 is 17.9 Å². The molecule has 0 heterocycles. The lowest BCUT2D eigenvalue weighted by molar-refractivity contribution is -0.131. The number of hydrogen-bond acceptors (Lipinski definition) is 3. The number of imide groups is 1. The number of carbonyl (C=O) groups is 3. The molecule has 0 bridgehead atoms. The van der Waals surface area contributed by atoms with Crippen molar-refractivity contribution in [2.45, 2.75) is 19.3 Å². The molecule has 0 atom stereocenters. The van der Waals surface area contributed by atoms with Crippen LogP contribution in [0.25, 0.3) is 0 Å². The molecule has 1 rings (SSSR count). The molecule has 3 amide bonds. The van der Waals surface area contributed by atoms with Crippen LogP contribution < -0.4 is 10.6 Å². The minimum Gasteiger partial charge on any atom is -0.478 e. The average molecular weight is 226 g/mol. The van der Waals surface area contributed by atoms with Gasteiger partial charge in [-0.25, -0.2) is 9.59 Å². The van der Waals surface area contributed by atoms with E-state index in [-0.39, 0.29) is 0 Å². The molecule has 6 heteroatoms. The number of aliphatic carboxylic acids is 1. The summed E-state index contributed by atoms with van der Waals surface area (Å²) >= 11 is 0. The van der Waals surface area contributed by atoms with E-state index in [0.29, 0.717) is 18.5 Å². The lowest BCUT2D eigenvalue weighted by Crippen LogP contribution is -2.41. The van der Waals surface area contributed by atoms with Gasteiger partial charge >= 0.3 is 12.0 Å². The molecule has 0 spiro atoms. The largest absolute Gasteiger partial charge is 0.478 e. The Morgan fingerprint density at radius 2 is 1.94 bits per heavy atom. The standard InChI is InChI=1S/C10H14N2O4/c13-8(4-5-9(14)15)12-10(16)11-6-7-2-1-3-7/h4-5,7H,1-3,6H2,(H,14,15)(H2,11,12,13,16)/b5-4+. The lowest BCUT2D eigenvalue weighted by atomic mass is 9.85. The predicted octanol–water partition coefficient (Wildman–Crippen LogP) is 0.253. The molecule has 0 radical (unpaired) electrons. The van der Waals surface area contributed by atoms with Crippen LogP contribution in [-0.2, 0) is 9.59 Å². The van der Waals surface area contributed by atoms with E-state index in [1.807, 2.05) is 5.32 Å². The van der Waals surface area contributed by atoms with E-state index in [0.717, 1.165) is 18.9 Å². The maximum atomic E-state index is 11.1. The van der Waals surface area contributed by atoms with Gasteiger partial charge in [-0.2, -0.15) is 0 Å². The highest BCUT2D eigenvalue weighted by Gasteiger charge is 2.17. The molecule has 0 aromatic heterocycles. The van der Waals surface area contributed by atoms with Crippen LogP contribution in [0.15, 0.2) is 12.2 Å². The zero-order valence-corrected chi connectivity index (χ0v) is 8.73. The second kappa shape index (κ2) is 5.89. The van der Waals surface area contributed by atoms with Crippen LogP contribution >= 0.6 is 0 Å². The van der Waals surface area contributed by atoms with E-state index in [2.05, 4.69) is 5.32 Å². The van der Waals surface area contributed by atoms with Crippen molar-refractivity contribution in [2.24, 2.45) is 5.92 Å². The van der Waals surface area contributed by atoms with Crippen LogP contribution in [0, 0.1) is 5.92 Å². The average Bonchev–Trinajstić information content (AvgIpc) is 2.12. The molecule has 16 heavy (non-hydrogen) atoms. The number of carboxylic acids is 1. The van der Waals surface area contributed by atoms with Gasteiger partial charge in [0.2, 0.25) is 0 Å². The maximum absolute atomic E-state index is 11.1. The molecule has 1 saturated carbocycles. The van der Waals surface area contributed by atoms with Gasteiger partial charge < -0.3 is 10.4 Å². The number of nitrogens with one attached hydrogen (secondary N) is 2. The van der Waals surface area contributed by atoms with E-state index in [4.69, 9.17) is 5.11 Å². The summed E-state index contributed by atoms with van der Waals surface area (Å²) in [5.41, 5.74) is 0. The fourth-order valence-corrected chi connectivity index (χ4v) is 1.28. The highest BCUT2D eigenvalue weighted by molar-refractivity contribution is 6.02. The third-order valence-electron chi connectivity index (χ3n) is 2.39. The number of hydrogen-bond donors (Lipinski definition) is 3. The number of rotatable bonds is 4. The van der Waals surface area contributed by atoms with Gasteiger partial charge in [-0.15, -0.1) is 0 Å². The predicted molar refractivity (Wildman–Crippen MR) is 55.7 cm³/mol. The van der Waals surface area contributed by atoms with E-state index in [9.17, 15) is 14.4 Å². The number of urea groups is 1. The van der Waals surface area contributed by atoms with Crippen LogP contribution in [0.4, 0.5) is 4.79 Å². The Morgan fingerprint density at radius 3 is 2.44 bits per heavy atom. The first-order valence-electron chi connectivity index (χ1n) is 5.07. The molecule has 1 fully saturated rings. The Morgan fingerprint density at radius 1 is 1.25 bits per heavy atom. The summed E-state index contributed by atoms with van der Waals surface area (Å²) < 4.78 is 0. The van der Waals surface area contributed by atoms with Gasteiger partial charge in [0, 0.05) is 18.7 Å². The molecule has 1 aliphatic carbocycles. The SMILES string of the molecule is O=C(O)/C=C/C(=O)NC(=O)NCC1CCC1. The Balaban J connectivity index is 2.17. The molecule has 1 aliphatic rings. The summed E-state index contributed by atoms with van der Waals surface area (Å²) in [4.78, 5) is 32.2. The van der Waals surface area contributed by atoms with Gasteiger partial charge in [0.25, 0.3) is 5.91 Å². The Bertz CT molecular complexity index is 321. The monoisotopic (exact) mass is 226 g/mol. The summed E-state index contributed by atoms with van der Waals surface area (Å²) in [5.74, 6) is -1.46. The van der Waals surface area contributed by atoms with E-state index < -0.39 is 17.9 Å². The van der Waals surface area contributed by atoms with Crippen LogP contribution in [0.5, 0.6) is 0 Å². The first kappa shape index (κ1) is 12.2. The molecule has 3 N–H and O–H groups in total. The van der Waals surface area contributed by atoms with Crippen molar-refractivity contribution in [3.8, 4) is 0 Å². The highest BCUT2D eigenvalue weighted by atomic mass is 16.4. The first-order valence-corrected chi connectivity index (χ1v) is 5.07. The summed E-state index contributed by atoms with van der Waals surface area (Å²) in [6, 6.07) is -0.591. The normalized spacial score (nSPS) is 15.5. The van der Waals surface area contributed by atoms with Crippen molar-refractivity contribution in [1.82, 2.24) is 10.6 Å². The minimum absolute atomic E-state index is 0.510. The minimum atomic E-state index is -1.23. The molecule has 0 aliphatic heterocycles. The summed E-state index contributed by atoms with van der Waals surface area (Å²) in [6.45, 7) is 0.557. The lowest BCUT2D eigenvalue weighted by Gasteiger charge is -2.25. The van der Waals surface area contributed by atoms with Gasteiger partial charge in [-0.1, -0.05) is 6.42 Å². The highest BCUT2D eigenvalue weighted by Crippen LogP contribution is 2.24. The molecular weight excluding hydrogens is 212 g/mol. The van der Waals surface area contributed by atoms with Gasteiger partial charge in [-0.3, -0.25) is 10.1 Å². The molecule has 0 unspecified atom stereocenters. The maximum Gasteiger partial charge on any atom is 0.328 e. The second-order valence-electron chi connectivity index (χ2n) is 3.67. The number of amides is 3. The van der Waals surface area contributed by atoms with Crippen molar-refractivity contribution in [3.63, 3.8) is 0 Å². The zero-order valence-electron chi connectivity index (χ0n) is 8.73. The molecule has 6 nitrogen and oxygen atoms in total. The van der Waals surface area contributed by atoms with E-state index in [1.165, 1.54) is 6.42 Å². The van der Waals surface area contributed by atoms with E-state index in [1.54, 1.807) is 0 Å². The van der Waals surface area contributed by atoms with Gasteiger partial charge in [0.15, 0.2) is 0 Å². The summed E-state index contributed by atoms with van der Waals surface area (Å²) in [7, 11) is 0. The summed E-state index contributed by atoms with van der Waals surface area (Å²) in [5, 5.41) is 12.8. The molecule has 0 saturated heterocycles. The van der Waals surface area contributed by atoms with E-state index >= 15 is 0 Å². The number of carbonyl (C=O) groups excluding carboxylic acids is 2. The topological polar surface area (TPSA) is 95.5 Å². The first-order chi connectivity index (χ1) is 7.58. The molecular formula is C10H14N2O4.